The number of aliphatic hydroxyl groups is 1. The van der Waals surface area contributed by atoms with Crippen LogP contribution in [0.4, 0.5) is 0 Å². The summed E-state index contributed by atoms with van der Waals surface area (Å²) in [6.45, 7) is 3.74. The number of benzene rings is 1. The van der Waals surface area contributed by atoms with Gasteiger partial charge in [0.05, 0.1) is 0 Å². The number of aryl methyl sites for hydroxylation is 1. The number of aliphatic hydroxyl groups excluding tert-OH is 1. The molecule has 0 aliphatic carbocycles. The van der Waals surface area contributed by atoms with E-state index in [0.717, 1.165) is 18.7 Å². The lowest BCUT2D eigenvalue weighted by molar-refractivity contribution is 0.106. The minimum absolute atomic E-state index is 0.309. The Labute approximate surface area is 124 Å². The third-order valence-corrected chi connectivity index (χ3v) is 3.77. The van der Waals surface area contributed by atoms with Gasteiger partial charge in [-0.3, -0.25) is 0 Å². The summed E-state index contributed by atoms with van der Waals surface area (Å²) in [5.41, 5.74) is 2.49. The van der Waals surface area contributed by atoms with Gasteiger partial charge < -0.3 is 15.2 Å². The second-order valence-corrected chi connectivity index (χ2v) is 5.51. The molecule has 1 unspecified atom stereocenters. The standard InChI is InChI=1S/C16H21NO2S/c1-2-13-4-3-5-16(8-13)19-11-15(18)10-17-9-14-6-7-20-12-14/h3-8,12,15,17-18H,2,9-11H2,1H3. The van der Waals surface area contributed by atoms with Crippen molar-refractivity contribution in [1.82, 2.24) is 5.32 Å². The molecule has 0 amide bonds. The van der Waals surface area contributed by atoms with Crippen LogP contribution in [0.3, 0.4) is 0 Å². The summed E-state index contributed by atoms with van der Waals surface area (Å²) in [4.78, 5) is 0. The van der Waals surface area contributed by atoms with Crippen LogP contribution in [0.15, 0.2) is 41.1 Å². The summed E-state index contributed by atoms with van der Waals surface area (Å²) < 4.78 is 5.61. The lowest BCUT2D eigenvalue weighted by Gasteiger charge is -2.13. The highest BCUT2D eigenvalue weighted by atomic mass is 32.1. The first-order valence-corrected chi connectivity index (χ1v) is 7.84. The molecule has 1 heterocycles. The molecule has 0 spiro atoms. The van der Waals surface area contributed by atoms with E-state index in [4.69, 9.17) is 4.74 Å². The summed E-state index contributed by atoms with van der Waals surface area (Å²) in [7, 11) is 0. The number of rotatable bonds is 8. The van der Waals surface area contributed by atoms with Crippen LogP contribution in [0.5, 0.6) is 5.75 Å². The molecular weight excluding hydrogens is 270 g/mol. The molecule has 2 rings (SSSR count). The molecule has 1 atom stereocenters. The fourth-order valence-electron chi connectivity index (χ4n) is 1.88. The summed E-state index contributed by atoms with van der Waals surface area (Å²) in [5.74, 6) is 0.821. The Hall–Kier alpha value is -1.36. The van der Waals surface area contributed by atoms with Gasteiger partial charge in [0.2, 0.25) is 0 Å². The molecule has 0 bridgehead atoms. The van der Waals surface area contributed by atoms with Gasteiger partial charge in [-0.2, -0.15) is 11.3 Å². The Bertz CT molecular complexity index is 499. The van der Waals surface area contributed by atoms with Crippen molar-refractivity contribution < 1.29 is 9.84 Å². The fourth-order valence-corrected chi connectivity index (χ4v) is 2.55. The van der Waals surface area contributed by atoms with E-state index >= 15 is 0 Å². The first-order valence-electron chi connectivity index (χ1n) is 6.89. The van der Waals surface area contributed by atoms with Crippen LogP contribution in [-0.2, 0) is 13.0 Å². The molecule has 2 aromatic rings. The molecule has 0 saturated carbocycles. The van der Waals surface area contributed by atoms with Crippen LogP contribution < -0.4 is 10.1 Å². The van der Waals surface area contributed by atoms with Gasteiger partial charge in [-0.05, 0) is 46.5 Å². The van der Waals surface area contributed by atoms with E-state index in [0.29, 0.717) is 13.2 Å². The van der Waals surface area contributed by atoms with Crippen molar-refractivity contribution in [2.75, 3.05) is 13.2 Å². The first kappa shape index (κ1) is 15.0. The fraction of sp³-hybridized carbons (Fsp3) is 0.375. The zero-order chi connectivity index (χ0) is 14.2. The summed E-state index contributed by atoms with van der Waals surface area (Å²) in [6.07, 6.45) is 0.487. The molecule has 2 N–H and O–H groups in total. The molecule has 3 nitrogen and oxygen atoms in total. The van der Waals surface area contributed by atoms with Crippen molar-refractivity contribution in [2.45, 2.75) is 26.0 Å². The lowest BCUT2D eigenvalue weighted by atomic mass is 10.2. The molecule has 1 aromatic carbocycles. The average molecular weight is 291 g/mol. The molecular formula is C16H21NO2S. The van der Waals surface area contributed by atoms with Crippen LogP contribution in [0, 0.1) is 0 Å². The minimum atomic E-state index is -0.501. The average Bonchev–Trinajstić information content (AvgIpc) is 2.98. The molecule has 108 valence electrons. The van der Waals surface area contributed by atoms with Crippen molar-refractivity contribution in [3.63, 3.8) is 0 Å². The highest BCUT2D eigenvalue weighted by Gasteiger charge is 2.05. The third-order valence-electron chi connectivity index (χ3n) is 3.04. The largest absolute Gasteiger partial charge is 0.491 e. The molecule has 0 aliphatic rings. The second kappa shape index (κ2) is 8.04. The monoisotopic (exact) mass is 291 g/mol. The van der Waals surface area contributed by atoms with Gasteiger partial charge >= 0.3 is 0 Å². The molecule has 1 aromatic heterocycles. The maximum absolute atomic E-state index is 9.88. The maximum atomic E-state index is 9.88. The number of hydrogen-bond acceptors (Lipinski definition) is 4. The van der Waals surface area contributed by atoms with Gasteiger partial charge in [-0.15, -0.1) is 0 Å². The van der Waals surface area contributed by atoms with Crippen molar-refractivity contribution in [3.05, 3.63) is 52.2 Å². The van der Waals surface area contributed by atoms with E-state index in [2.05, 4.69) is 35.1 Å². The summed E-state index contributed by atoms with van der Waals surface area (Å²) in [6, 6.07) is 10.1. The van der Waals surface area contributed by atoms with E-state index in [9.17, 15) is 5.11 Å². The molecule has 20 heavy (non-hydrogen) atoms. The van der Waals surface area contributed by atoms with E-state index in [-0.39, 0.29) is 0 Å². The third kappa shape index (κ3) is 4.96. The van der Waals surface area contributed by atoms with Gasteiger partial charge in [-0.1, -0.05) is 19.1 Å². The Morgan fingerprint density at radius 3 is 2.95 bits per heavy atom. The molecule has 4 heteroatoms. The summed E-state index contributed by atoms with van der Waals surface area (Å²) >= 11 is 1.68. The molecule has 0 fully saturated rings. The Balaban J connectivity index is 1.67. The zero-order valence-corrected chi connectivity index (χ0v) is 12.5. The number of hydrogen-bond donors (Lipinski definition) is 2. The molecule has 0 aliphatic heterocycles. The van der Waals surface area contributed by atoms with Crippen molar-refractivity contribution in [2.24, 2.45) is 0 Å². The summed E-state index contributed by atoms with van der Waals surface area (Å²) in [5, 5.41) is 17.3. The minimum Gasteiger partial charge on any atom is -0.491 e. The number of nitrogens with one attached hydrogen (secondary N) is 1. The first-order chi connectivity index (χ1) is 9.78. The number of thiophene rings is 1. The predicted octanol–water partition coefficient (Wildman–Crippen LogP) is 2.84. The van der Waals surface area contributed by atoms with Crippen LogP contribution in [-0.4, -0.2) is 24.4 Å². The van der Waals surface area contributed by atoms with Gasteiger partial charge in [0.1, 0.15) is 18.5 Å². The van der Waals surface area contributed by atoms with Gasteiger partial charge in [-0.25, -0.2) is 0 Å². The predicted molar refractivity (Wildman–Crippen MR) is 83.3 cm³/mol. The SMILES string of the molecule is CCc1cccc(OCC(O)CNCc2ccsc2)c1. The quantitative estimate of drug-likeness (QED) is 0.786. The Kier molecular flexibility index (Phi) is 6.05. The normalized spacial score (nSPS) is 12.3. The van der Waals surface area contributed by atoms with Crippen LogP contribution >= 0.6 is 11.3 Å². The highest BCUT2D eigenvalue weighted by Crippen LogP contribution is 2.13. The van der Waals surface area contributed by atoms with Crippen LogP contribution in [0.1, 0.15) is 18.1 Å². The van der Waals surface area contributed by atoms with Gasteiger partial charge in [0.15, 0.2) is 0 Å². The molecule has 0 saturated heterocycles. The van der Waals surface area contributed by atoms with E-state index in [1.807, 2.05) is 18.2 Å². The van der Waals surface area contributed by atoms with E-state index in [1.165, 1.54) is 11.1 Å². The lowest BCUT2D eigenvalue weighted by Crippen LogP contribution is -2.31. The van der Waals surface area contributed by atoms with Gasteiger partial charge in [0.25, 0.3) is 0 Å². The van der Waals surface area contributed by atoms with Crippen molar-refractivity contribution in [1.29, 1.82) is 0 Å². The number of ether oxygens (including phenoxy) is 1. The zero-order valence-electron chi connectivity index (χ0n) is 11.7. The Morgan fingerprint density at radius 2 is 2.20 bits per heavy atom. The van der Waals surface area contributed by atoms with E-state index in [1.54, 1.807) is 11.3 Å². The highest BCUT2D eigenvalue weighted by molar-refractivity contribution is 7.07. The molecule has 0 radical (unpaired) electrons. The van der Waals surface area contributed by atoms with Crippen LogP contribution in [0.25, 0.3) is 0 Å². The van der Waals surface area contributed by atoms with Crippen LogP contribution in [0.2, 0.25) is 0 Å². The smallest absolute Gasteiger partial charge is 0.119 e. The van der Waals surface area contributed by atoms with Crippen molar-refractivity contribution in [3.8, 4) is 5.75 Å². The Morgan fingerprint density at radius 1 is 1.30 bits per heavy atom. The topological polar surface area (TPSA) is 41.5 Å². The second-order valence-electron chi connectivity index (χ2n) is 4.73. The van der Waals surface area contributed by atoms with Crippen molar-refractivity contribution >= 4 is 11.3 Å². The van der Waals surface area contributed by atoms with E-state index < -0.39 is 6.10 Å². The van der Waals surface area contributed by atoms with Gasteiger partial charge in [0, 0.05) is 13.1 Å². The maximum Gasteiger partial charge on any atom is 0.119 e.